The molecule has 0 saturated carbocycles. The summed E-state index contributed by atoms with van der Waals surface area (Å²) in [5.41, 5.74) is 1.16. The highest BCUT2D eigenvalue weighted by Crippen LogP contribution is 2.47. The summed E-state index contributed by atoms with van der Waals surface area (Å²) >= 11 is 0. The molecular weight excluding hydrogens is 465 g/mol. The van der Waals surface area contributed by atoms with Crippen LogP contribution in [0, 0.1) is 0 Å². The standard InChI is InChI=1S/C23H19F3N6O3/c24-23(25,26)19-17-13(29-30-19)1-4-31-18(17)11-8-15-14(7-12(11)22(31)34)28-21(33)16-9-27-20(32(15)16)10-2-5-35-6-3-10/h7-10,18H,1-6H2,(H,28,33)(H,29,30). The first kappa shape index (κ1) is 20.7. The Bertz CT molecular complexity index is 1590. The average molecular weight is 484 g/mol. The molecule has 1 amide bonds. The third-order valence-electron chi connectivity index (χ3n) is 7.39. The van der Waals surface area contributed by atoms with Crippen LogP contribution in [0.25, 0.3) is 16.6 Å². The molecule has 0 aliphatic carbocycles. The van der Waals surface area contributed by atoms with Gasteiger partial charge in [-0.05, 0) is 30.5 Å². The number of hydrogen-bond acceptors (Lipinski definition) is 5. The Morgan fingerprint density at radius 2 is 1.91 bits per heavy atom. The van der Waals surface area contributed by atoms with Gasteiger partial charge in [-0.15, -0.1) is 0 Å². The number of ether oxygens (including phenoxy) is 1. The number of carbonyl (C=O) groups excluding carboxylic acids is 1. The Kier molecular flexibility index (Phi) is 4.10. The van der Waals surface area contributed by atoms with Gasteiger partial charge in [-0.1, -0.05) is 0 Å². The number of benzene rings is 1. The van der Waals surface area contributed by atoms with Crippen molar-refractivity contribution >= 4 is 22.5 Å². The number of aromatic nitrogens is 5. The Morgan fingerprint density at radius 1 is 1.11 bits per heavy atom. The van der Waals surface area contributed by atoms with E-state index in [1.54, 1.807) is 16.5 Å². The first-order chi connectivity index (χ1) is 16.8. The van der Waals surface area contributed by atoms with E-state index in [4.69, 9.17) is 4.74 Å². The summed E-state index contributed by atoms with van der Waals surface area (Å²) in [6.07, 6.45) is -1.38. The molecule has 1 unspecified atom stereocenters. The van der Waals surface area contributed by atoms with Crippen molar-refractivity contribution in [3.63, 3.8) is 0 Å². The van der Waals surface area contributed by atoms with Crippen molar-refractivity contribution in [2.45, 2.75) is 37.4 Å². The van der Waals surface area contributed by atoms with Crippen LogP contribution in [0.15, 0.2) is 23.1 Å². The van der Waals surface area contributed by atoms with Gasteiger partial charge in [0.2, 0.25) is 0 Å². The summed E-state index contributed by atoms with van der Waals surface area (Å²) in [6, 6.07) is 2.40. The predicted molar refractivity (Wildman–Crippen MR) is 116 cm³/mol. The second kappa shape index (κ2) is 6.94. The molecular formula is C23H19F3N6O3. The number of rotatable bonds is 1. The van der Waals surface area contributed by atoms with Crippen LogP contribution in [0.2, 0.25) is 0 Å². The van der Waals surface area contributed by atoms with Crippen molar-refractivity contribution in [2.24, 2.45) is 0 Å². The summed E-state index contributed by atoms with van der Waals surface area (Å²) in [7, 11) is 0. The van der Waals surface area contributed by atoms with E-state index in [0.29, 0.717) is 46.8 Å². The lowest BCUT2D eigenvalue weighted by atomic mass is 9.92. The molecule has 3 aliphatic heterocycles. The summed E-state index contributed by atoms with van der Waals surface area (Å²) in [6.45, 7) is 1.45. The van der Waals surface area contributed by atoms with Crippen LogP contribution in [0.1, 0.15) is 63.5 Å². The molecule has 9 nitrogen and oxygen atoms in total. The topological polar surface area (TPSA) is 108 Å². The highest BCUT2D eigenvalue weighted by atomic mass is 19.4. The number of halogens is 3. The lowest BCUT2D eigenvalue weighted by Gasteiger charge is -2.30. The third-order valence-corrected chi connectivity index (χ3v) is 7.39. The Balaban J connectivity index is 1.50. The van der Waals surface area contributed by atoms with Crippen LogP contribution in [-0.2, 0) is 17.3 Å². The molecule has 0 bridgehead atoms. The summed E-state index contributed by atoms with van der Waals surface area (Å²) in [5.74, 6) is 0.432. The Labute approximate surface area is 194 Å². The molecule has 180 valence electrons. The van der Waals surface area contributed by atoms with Gasteiger partial charge in [-0.25, -0.2) is 4.98 Å². The van der Waals surface area contributed by atoms with Gasteiger partial charge < -0.3 is 14.6 Å². The Morgan fingerprint density at radius 3 is 2.69 bits per heavy atom. The average Bonchev–Trinajstić information content (AvgIpc) is 3.54. The number of fused-ring (bicyclic) bond motifs is 8. The maximum atomic E-state index is 13.8. The molecule has 0 radical (unpaired) electrons. The zero-order valence-electron chi connectivity index (χ0n) is 18.3. The number of aromatic amines is 2. The van der Waals surface area contributed by atoms with Gasteiger partial charge in [-0.2, -0.15) is 18.3 Å². The zero-order valence-corrected chi connectivity index (χ0v) is 18.3. The fraction of sp³-hybridized carbons (Fsp3) is 0.391. The number of hydrogen-bond donors (Lipinski definition) is 2. The second-order valence-electron chi connectivity index (χ2n) is 9.25. The largest absolute Gasteiger partial charge is 0.435 e. The van der Waals surface area contributed by atoms with Crippen molar-refractivity contribution in [2.75, 3.05) is 19.8 Å². The number of nitrogens with one attached hydrogen (secondary N) is 2. The van der Waals surface area contributed by atoms with Crippen molar-refractivity contribution < 1.29 is 22.7 Å². The molecule has 6 heterocycles. The van der Waals surface area contributed by atoms with E-state index in [-0.39, 0.29) is 41.5 Å². The summed E-state index contributed by atoms with van der Waals surface area (Å²) < 4.78 is 48.7. The van der Waals surface area contributed by atoms with E-state index in [1.807, 2.05) is 0 Å². The quantitative estimate of drug-likeness (QED) is 0.432. The lowest BCUT2D eigenvalue weighted by Crippen LogP contribution is -2.35. The van der Waals surface area contributed by atoms with Gasteiger partial charge >= 0.3 is 6.18 Å². The third kappa shape index (κ3) is 2.79. The molecule has 1 aromatic carbocycles. The van der Waals surface area contributed by atoms with Crippen LogP contribution in [0.4, 0.5) is 13.2 Å². The maximum Gasteiger partial charge on any atom is 0.435 e. The fourth-order valence-corrected chi connectivity index (χ4v) is 5.81. The van der Waals surface area contributed by atoms with Gasteiger partial charge in [0, 0.05) is 48.9 Å². The van der Waals surface area contributed by atoms with Crippen molar-refractivity contribution in [1.82, 2.24) is 29.5 Å². The molecule has 35 heavy (non-hydrogen) atoms. The number of alkyl halides is 3. The molecule has 3 aliphatic rings. The van der Waals surface area contributed by atoms with Gasteiger partial charge in [0.05, 0.1) is 23.3 Å². The Hall–Kier alpha value is -3.67. The van der Waals surface area contributed by atoms with E-state index < -0.39 is 17.9 Å². The van der Waals surface area contributed by atoms with E-state index >= 15 is 0 Å². The smallest absolute Gasteiger partial charge is 0.381 e. The monoisotopic (exact) mass is 484 g/mol. The van der Waals surface area contributed by atoms with Crippen molar-refractivity contribution in [3.05, 3.63) is 62.6 Å². The van der Waals surface area contributed by atoms with Crippen LogP contribution in [0.3, 0.4) is 0 Å². The minimum absolute atomic E-state index is 0.00819. The minimum atomic E-state index is -4.66. The van der Waals surface area contributed by atoms with Gasteiger partial charge in [0.15, 0.2) is 5.69 Å². The molecule has 7 rings (SSSR count). The van der Waals surface area contributed by atoms with Crippen LogP contribution >= 0.6 is 0 Å². The number of amides is 1. The van der Waals surface area contributed by atoms with Crippen LogP contribution in [-0.4, -0.2) is 55.1 Å². The normalized spacial score (nSPS) is 20.5. The number of nitrogens with zero attached hydrogens (tertiary/aromatic N) is 4. The number of imidazole rings is 1. The maximum absolute atomic E-state index is 13.8. The SMILES string of the molecule is O=C1c2cc3[nH]c(=O)c4cnc(C5CCOCC5)n4c3cc2C2c3c(C(F)(F)F)n[nH]c3CCN12. The predicted octanol–water partition coefficient (Wildman–Crippen LogP) is 2.91. The molecule has 4 aromatic rings. The highest BCUT2D eigenvalue weighted by molar-refractivity contribution is 6.03. The highest BCUT2D eigenvalue weighted by Gasteiger charge is 2.48. The molecule has 1 fully saturated rings. The summed E-state index contributed by atoms with van der Waals surface area (Å²) in [5, 5.41) is 6.09. The summed E-state index contributed by atoms with van der Waals surface area (Å²) in [4.78, 5) is 34.9. The zero-order chi connectivity index (χ0) is 24.1. The number of H-pyrrole nitrogens is 2. The molecule has 2 N–H and O–H groups in total. The van der Waals surface area contributed by atoms with Crippen molar-refractivity contribution in [3.8, 4) is 0 Å². The van der Waals surface area contributed by atoms with Gasteiger partial charge in [0.1, 0.15) is 11.3 Å². The second-order valence-corrected chi connectivity index (χ2v) is 9.25. The van der Waals surface area contributed by atoms with E-state index in [0.717, 1.165) is 12.8 Å². The van der Waals surface area contributed by atoms with Gasteiger partial charge in [-0.3, -0.25) is 19.1 Å². The fourth-order valence-electron chi connectivity index (χ4n) is 5.81. The first-order valence-corrected chi connectivity index (χ1v) is 11.4. The number of carbonyl (C=O) groups is 1. The van der Waals surface area contributed by atoms with Crippen molar-refractivity contribution in [1.29, 1.82) is 0 Å². The minimum Gasteiger partial charge on any atom is -0.381 e. The van der Waals surface area contributed by atoms with Crippen LogP contribution in [0.5, 0.6) is 0 Å². The van der Waals surface area contributed by atoms with Crippen LogP contribution < -0.4 is 5.56 Å². The molecule has 0 spiro atoms. The molecule has 1 atom stereocenters. The van der Waals surface area contributed by atoms with E-state index in [1.165, 1.54) is 11.1 Å². The molecule has 3 aromatic heterocycles. The lowest BCUT2D eigenvalue weighted by molar-refractivity contribution is -0.142. The van der Waals surface area contributed by atoms with Gasteiger partial charge in [0.25, 0.3) is 11.5 Å². The first-order valence-electron chi connectivity index (χ1n) is 11.4. The van der Waals surface area contributed by atoms with E-state index in [2.05, 4.69) is 20.2 Å². The molecule has 12 heteroatoms. The molecule has 1 saturated heterocycles. The van der Waals surface area contributed by atoms with E-state index in [9.17, 15) is 22.8 Å².